The molecule has 100 valence electrons. The minimum atomic E-state index is -1.57. The van der Waals surface area contributed by atoms with E-state index in [0.29, 0.717) is 0 Å². The Hall–Kier alpha value is -1.59. The second-order valence-corrected chi connectivity index (χ2v) is 4.52. The molecule has 0 fully saturated rings. The van der Waals surface area contributed by atoms with Gasteiger partial charge in [0.25, 0.3) is 0 Å². The fraction of sp³-hybridized carbons (Fsp3) is 0. The van der Waals surface area contributed by atoms with Crippen molar-refractivity contribution in [1.82, 2.24) is 0 Å². The molecule has 0 saturated carbocycles. The first-order valence-electron chi connectivity index (χ1n) is 5.05. The van der Waals surface area contributed by atoms with Crippen molar-refractivity contribution in [1.29, 1.82) is 0 Å². The lowest BCUT2D eigenvalue weighted by molar-refractivity contribution is 0.449. The van der Waals surface area contributed by atoms with Gasteiger partial charge in [0.15, 0.2) is 17.5 Å². The summed E-state index contributed by atoms with van der Waals surface area (Å²) in [6.45, 7) is 0. The summed E-state index contributed by atoms with van der Waals surface area (Å²) in [7, 11) is 0. The number of nitrogens with two attached hydrogens (primary N) is 1. The maximum atomic E-state index is 13.5. The number of hydrogen-bond donors (Lipinski definition) is 2. The van der Waals surface area contributed by atoms with Crippen LogP contribution >= 0.6 is 23.2 Å². The van der Waals surface area contributed by atoms with Crippen molar-refractivity contribution in [3.63, 3.8) is 0 Å². The molecule has 2 aromatic rings. The Morgan fingerprint density at radius 1 is 0.895 bits per heavy atom. The number of rotatable bonds is 2. The summed E-state index contributed by atoms with van der Waals surface area (Å²) in [6, 6.07) is 4.58. The van der Waals surface area contributed by atoms with E-state index in [-0.39, 0.29) is 27.1 Å². The predicted molar refractivity (Wildman–Crippen MR) is 70.5 cm³/mol. The molecular weight excluding hydrogens is 300 g/mol. The van der Waals surface area contributed by atoms with Gasteiger partial charge in [-0.2, -0.15) is 0 Å². The van der Waals surface area contributed by atoms with Crippen LogP contribution in [0.4, 0.5) is 30.2 Å². The quantitative estimate of drug-likeness (QED) is 0.621. The van der Waals surface area contributed by atoms with E-state index in [0.717, 1.165) is 12.1 Å². The lowest BCUT2D eigenvalue weighted by atomic mass is 10.2. The fourth-order valence-corrected chi connectivity index (χ4v) is 1.77. The van der Waals surface area contributed by atoms with Crippen molar-refractivity contribution >= 4 is 40.3 Å². The summed E-state index contributed by atoms with van der Waals surface area (Å²) in [5.74, 6) is -4.18. The number of nitrogens with one attached hydrogen (secondary N) is 1. The van der Waals surface area contributed by atoms with Crippen molar-refractivity contribution in [2.24, 2.45) is 0 Å². The monoisotopic (exact) mass is 306 g/mol. The van der Waals surface area contributed by atoms with Gasteiger partial charge in [0.2, 0.25) is 0 Å². The normalized spacial score (nSPS) is 10.6. The Labute approximate surface area is 116 Å². The van der Waals surface area contributed by atoms with Crippen LogP contribution in [-0.2, 0) is 0 Å². The summed E-state index contributed by atoms with van der Waals surface area (Å²) in [5.41, 5.74) is 5.83. The molecule has 0 atom stereocenters. The lowest BCUT2D eigenvalue weighted by Gasteiger charge is -2.12. The largest absolute Gasteiger partial charge is 0.397 e. The van der Waals surface area contributed by atoms with Crippen molar-refractivity contribution in [3.05, 3.63) is 51.8 Å². The third-order valence-corrected chi connectivity index (χ3v) is 3.12. The van der Waals surface area contributed by atoms with Gasteiger partial charge in [0, 0.05) is 0 Å². The summed E-state index contributed by atoms with van der Waals surface area (Å²) in [5, 5.41) is 2.95. The molecule has 0 radical (unpaired) electrons. The fourth-order valence-electron chi connectivity index (χ4n) is 1.44. The van der Waals surface area contributed by atoms with E-state index < -0.39 is 17.5 Å². The molecule has 0 aliphatic heterocycles. The Morgan fingerprint density at radius 3 is 2.21 bits per heavy atom. The first kappa shape index (κ1) is 13.8. The standard InChI is InChI=1S/C12H7Cl2F3N2/c13-5-3-8(18)10(4-6(5)14)19-9-2-1-7(15)11(16)12(9)17/h1-4,19H,18H2. The van der Waals surface area contributed by atoms with Crippen molar-refractivity contribution < 1.29 is 13.2 Å². The topological polar surface area (TPSA) is 38.0 Å². The van der Waals surface area contributed by atoms with Crippen LogP contribution in [0.3, 0.4) is 0 Å². The van der Waals surface area contributed by atoms with E-state index in [1.807, 2.05) is 0 Å². The highest BCUT2D eigenvalue weighted by molar-refractivity contribution is 6.42. The smallest absolute Gasteiger partial charge is 0.196 e. The van der Waals surface area contributed by atoms with Crippen LogP contribution < -0.4 is 11.1 Å². The summed E-state index contributed by atoms with van der Waals surface area (Å²) < 4.78 is 39.3. The second-order valence-electron chi connectivity index (χ2n) is 3.70. The molecule has 0 unspecified atom stereocenters. The molecule has 0 saturated heterocycles. The zero-order valence-corrected chi connectivity index (χ0v) is 10.8. The highest BCUT2D eigenvalue weighted by Crippen LogP contribution is 2.33. The van der Waals surface area contributed by atoms with Crippen LogP contribution in [0.2, 0.25) is 10.0 Å². The minimum absolute atomic E-state index is 0.193. The van der Waals surface area contributed by atoms with Gasteiger partial charge in [0.1, 0.15) is 0 Å². The summed E-state index contributed by atoms with van der Waals surface area (Å²) in [4.78, 5) is 0. The van der Waals surface area contributed by atoms with Crippen LogP contribution in [0.5, 0.6) is 0 Å². The Morgan fingerprint density at radius 2 is 1.53 bits per heavy atom. The zero-order chi connectivity index (χ0) is 14.2. The Bertz CT molecular complexity index is 647. The molecule has 2 nitrogen and oxygen atoms in total. The Kier molecular flexibility index (Phi) is 3.78. The predicted octanol–water partition coefficient (Wildman–Crippen LogP) is 4.74. The highest BCUT2D eigenvalue weighted by Gasteiger charge is 2.14. The lowest BCUT2D eigenvalue weighted by Crippen LogP contribution is -2.01. The van der Waals surface area contributed by atoms with Crippen LogP contribution in [-0.4, -0.2) is 0 Å². The van der Waals surface area contributed by atoms with Gasteiger partial charge in [-0.1, -0.05) is 23.2 Å². The molecule has 0 heterocycles. The maximum Gasteiger partial charge on any atom is 0.196 e. The Balaban J connectivity index is 2.42. The summed E-state index contributed by atoms with van der Waals surface area (Å²) in [6.07, 6.45) is 0. The average molecular weight is 307 g/mol. The highest BCUT2D eigenvalue weighted by atomic mass is 35.5. The van der Waals surface area contributed by atoms with E-state index >= 15 is 0 Å². The van der Waals surface area contributed by atoms with Crippen LogP contribution in [0.15, 0.2) is 24.3 Å². The van der Waals surface area contributed by atoms with Crippen LogP contribution in [0.1, 0.15) is 0 Å². The minimum Gasteiger partial charge on any atom is -0.397 e. The van der Waals surface area contributed by atoms with Gasteiger partial charge in [0.05, 0.1) is 27.1 Å². The zero-order valence-electron chi connectivity index (χ0n) is 9.28. The van der Waals surface area contributed by atoms with Gasteiger partial charge in [-0.05, 0) is 24.3 Å². The first-order chi connectivity index (χ1) is 8.90. The van der Waals surface area contributed by atoms with E-state index in [2.05, 4.69) is 5.32 Å². The molecule has 2 rings (SSSR count). The molecule has 7 heteroatoms. The van der Waals surface area contributed by atoms with E-state index in [4.69, 9.17) is 28.9 Å². The number of anilines is 3. The maximum absolute atomic E-state index is 13.5. The second kappa shape index (κ2) is 5.19. The van der Waals surface area contributed by atoms with E-state index in [1.54, 1.807) is 0 Å². The first-order valence-corrected chi connectivity index (χ1v) is 5.80. The third-order valence-electron chi connectivity index (χ3n) is 2.40. The van der Waals surface area contributed by atoms with Crippen molar-refractivity contribution in [2.75, 3.05) is 11.1 Å². The molecule has 0 aromatic heterocycles. The van der Waals surface area contributed by atoms with E-state index in [1.165, 1.54) is 12.1 Å². The SMILES string of the molecule is Nc1cc(Cl)c(Cl)cc1Nc1ccc(F)c(F)c1F. The molecule has 3 N–H and O–H groups in total. The van der Waals surface area contributed by atoms with Crippen LogP contribution in [0, 0.1) is 17.5 Å². The van der Waals surface area contributed by atoms with Crippen molar-refractivity contribution in [3.8, 4) is 0 Å². The van der Waals surface area contributed by atoms with Gasteiger partial charge < -0.3 is 11.1 Å². The molecule has 19 heavy (non-hydrogen) atoms. The third kappa shape index (κ3) is 2.72. The average Bonchev–Trinajstić information content (AvgIpc) is 2.36. The van der Waals surface area contributed by atoms with E-state index in [9.17, 15) is 13.2 Å². The van der Waals surface area contributed by atoms with Gasteiger partial charge in [-0.25, -0.2) is 13.2 Å². The van der Waals surface area contributed by atoms with Crippen molar-refractivity contribution in [2.45, 2.75) is 0 Å². The molecule has 0 bridgehead atoms. The van der Waals surface area contributed by atoms with Gasteiger partial charge in [-0.3, -0.25) is 0 Å². The number of nitrogen functional groups attached to an aromatic ring is 1. The molecule has 0 spiro atoms. The molecule has 2 aromatic carbocycles. The van der Waals surface area contributed by atoms with Gasteiger partial charge >= 0.3 is 0 Å². The molecular formula is C12H7Cl2F3N2. The number of benzene rings is 2. The molecule has 0 aliphatic rings. The number of halogens is 5. The van der Waals surface area contributed by atoms with Crippen LogP contribution in [0.25, 0.3) is 0 Å². The molecule has 0 amide bonds. The molecule has 0 aliphatic carbocycles. The number of hydrogen-bond acceptors (Lipinski definition) is 2. The summed E-state index contributed by atoms with van der Waals surface area (Å²) >= 11 is 11.5. The van der Waals surface area contributed by atoms with Gasteiger partial charge in [-0.15, -0.1) is 0 Å².